The van der Waals surface area contributed by atoms with E-state index >= 15 is 0 Å². The Morgan fingerprint density at radius 3 is 1.03 bits per heavy atom. The third-order valence-electron chi connectivity index (χ3n) is 7.53. The van der Waals surface area contributed by atoms with E-state index in [1.165, 1.54) is 0 Å². The van der Waals surface area contributed by atoms with Crippen LogP contribution in [0.2, 0.25) is 0 Å². The maximum atomic E-state index is 6.42. The Labute approximate surface area is 219 Å². The van der Waals surface area contributed by atoms with Crippen LogP contribution < -0.4 is 0 Å². The lowest BCUT2D eigenvalue weighted by Crippen LogP contribution is -1.89. The van der Waals surface area contributed by atoms with Crippen molar-refractivity contribution in [2.45, 2.75) is 0 Å². The molecule has 38 heavy (non-hydrogen) atoms. The van der Waals surface area contributed by atoms with Crippen LogP contribution in [0.1, 0.15) is 0 Å². The third kappa shape index (κ3) is 3.07. The second-order valence-corrected chi connectivity index (χ2v) is 9.65. The molecule has 0 spiro atoms. The van der Waals surface area contributed by atoms with Crippen molar-refractivity contribution in [3.8, 4) is 33.4 Å². The number of fused-ring (bicyclic) bond motifs is 6. The zero-order valence-corrected chi connectivity index (χ0v) is 20.5. The van der Waals surface area contributed by atoms with Crippen LogP contribution in [0.25, 0.3) is 77.3 Å². The average molecular weight is 487 g/mol. The van der Waals surface area contributed by atoms with Crippen LogP contribution in [-0.2, 0) is 0 Å². The summed E-state index contributed by atoms with van der Waals surface area (Å²) in [4.78, 5) is 0. The summed E-state index contributed by atoms with van der Waals surface area (Å²) in [5, 5.41) is 4.54. The molecule has 0 N–H and O–H groups in total. The van der Waals surface area contributed by atoms with Gasteiger partial charge in [-0.15, -0.1) is 0 Å². The summed E-state index contributed by atoms with van der Waals surface area (Å²) in [6.45, 7) is 0. The van der Waals surface area contributed by atoms with Crippen molar-refractivity contribution in [3.63, 3.8) is 0 Å². The minimum atomic E-state index is 0.907. The van der Waals surface area contributed by atoms with Crippen molar-refractivity contribution in [2.75, 3.05) is 0 Å². The van der Waals surface area contributed by atoms with Crippen molar-refractivity contribution < 1.29 is 8.83 Å². The van der Waals surface area contributed by atoms with Crippen molar-refractivity contribution in [1.29, 1.82) is 0 Å². The maximum Gasteiger partial charge on any atom is 0.143 e. The second-order valence-electron chi connectivity index (χ2n) is 9.65. The highest BCUT2D eigenvalue weighted by Crippen LogP contribution is 2.44. The summed E-state index contributed by atoms with van der Waals surface area (Å²) in [5.74, 6) is 0. The van der Waals surface area contributed by atoms with Gasteiger partial charge in [0.2, 0.25) is 0 Å². The Bertz CT molecular complexity index is 1990. The van der Waals surface area contributed by atoms with Crippen molar-refractivity contribution >= 4 is 43.9 Å². The summed E-state index contributed by atoms with van der Waals surface area (Å²) in [6, 6.07) is 46.5. The molecule has 6 aromatic carbocycles. The summed E-state index contributed by atoms with van der Waals surface area (Å²) < 4.78 is 12.8. The molecular weight excluding hydrogens is 464 g/mol. The highest BCUT2D eigenvalue weighted by molar-refractivity contribution is 6.13. The predicted octanol–water partition coefficient (Wildman–Crippen LogP) is 10.5. The van der Waals surface area contributed by atoms with Crippen LogP contribution >= 0.6 is 0 Å². The molecule has 0 bridgehead atoms. The molecule has 0 aliphatic heterocycles. The normalized spacial score (nSPS) is 11.7. The van der Waals surface area contributed by atoms with Gasteiger partial charge in [-0.2, -0.15) is 0 Å². The molecule has 2 aromatic heterocycles. The van der Waals surface area contributed by atoms with Gasteiger partial charge < -0.3 is 8.83 Å². The number of rotatable bonds is 3. The number of hydrogen-bond acceptors (Lipinski definition) is 2. The van der Waals surface area contributed by atoms with Gasteiger partial charge in [0.25, 0.3) is 0 Å². The molecule has 0 fully saturated rings. The van der Waals surface area contributed by atoms with Crippen molar-refractivity contribution in [3.05, 3.63) is 133 Å². The average Bonchev–Trinajstić information content (AvgIpc) is 3.56. The van der Waals surface area contributed by atoms with Gasteiger partial charge in [-0.1, -0.05) is 121 Å². The highest BCUT2D eigenvalue weighted by Gasteiger charge is 2.19. The van der Waals surface area contributed by atoms with E-state index in [-0.39, 0.29) is 0 Å². The summed E-state index contributed by atoms with van der Waals surface area (Å²) in [7, 11) is 0. The van der Waals surface area contributed by atoms with Gasteiger partial charge in [0.15, 0.2) is 0 Å². The molecule has 0 radical (unpaired) electrons. The SMILES string of the molecule is c1ccc(-c2cccc3c2oc2ccccc23)c(-c2ccccc2-c2cccc3c2oc2ccccc23)c1. The third-order valence-corrected chi connectivity index (χ3v) is 7.53. The number of benzene rings is 6. The Hall–Kier alpha value is -5.08. The van der Waals surface area contributed by atoms with E-state index in [1.807, 2.05) is 24.3 Å². The van der Waals surface area contributed by atoms with Crippen LogP contribution in [0, 0.1) is 0 Å². The summed E-state index contributed by atoms with van der Waals surface area (Å²) in [6.07, 6.45) is 0. The number of furan rings is 2. The Morgan fingerprint density at radius 1 is 0.263 bits per heavy atom. The van der Waals surface area contributed by atoms with Crippen LogP contribution in [0.4, 0.5) is 0 Å². The topological polar surface area (TPSA) is 26.3 Å². The molecule has 0 atom stereocenters. The minimum Gasteiger partial charge on any atom is -0.455 e. The van der Waals surface area contributed by atoms with E-state index in [2.05, 4.69) is 109 Å². The molecule has 0 aliphatic rings. The van der Waals surface area contributed by atoms with E-state index in [4.69, 9.17) is 8.83 Å². The largest absolute Gasteiger partial charge is 0.455 e. The lowest BCUT2D eigenvalue weighted by Gasteiger charge is -2.15. The van der Waals surface area contributed by atoms with Gasteiger partial charge in [-0.25, -0.2) is 0 Å². The van der Waals surface area contributed by atoms with Gasteiger partial charge in [-0.05, 0) is 34.4 Å². The second kappa shape index (κ2) is 8.22. The molecule has 0 unspecified atom stereocenters. The molecule has 8 aromatic rings. The highest BCUT2D eigenvalue weighted by atomic mass is 16.3. The van der Waals surface area contributed by atoms with E-state index in [0.717, 1.165) is 77.3 Å². The Morgan fingerprint density at radius 2 is 0.579 bits per heavy atom. The smallest absolute Gasteiger partial charge is 0.143 e. The van der Waals surface area contributed by atoms with Crippen LogP contribution in [0.15, 0.2) is 142 Å². The first-order valence-corrected chi connectivity index (χ1v) is 12.9. The minimum absolute atomic E-state index is 0.907. The fraction of sp³-hybridized carbons (Fsp3) is 0. The lowest BCUT2D eigenvalue weighted by atomic mass is 9.88. The fourth-order valence-corrected chi connectivity index (χ4v) is 5.82. The van der Waals surface area contributed by atoms with E-state index in [9.17, 15) is 0 Å². The molecule has 8 rings (SSSR count). The first kappa shape index (κ1) is 21.0. The van der Waals surface area contributed by atoms with Gasteiger partial charge in [0, 0.05) is 32.7 Å². The number of para-hydroxylation sites is 4. The van der Waals surface area contributed by atoms with Gasteiger partial charge in [-0.3, -0.25) is 0 Å². The molecule has 2 heteroatoms. The van der Waals surface area contributed by atoms with Crippen LogP contribution in [0.3, 0.4) is 0 Å². The van der Waals surface area contributed by atoms with E-state index in [0.29, 0.717) is 0 Å². The van der Waals surface area contributed by atoms with Crippen molar-refractivity contribution in [1.82, 2.24) is 0 Å². The molecule has 0 saturated carbocycles. The fourth-order valence-electron chi connectivity index (χ4n) is 5.82. The lowest BCUT2D eigenvalue weighted by molar-refractivity contribution is 0.669. The first-order valence-electron chi connectivity index (χ1n) is 12.9. The Kier molecular flexibility index (Phi) is 4.55. The Balaban J connectivity index is 1.39. The zero-order valence-electron chi connectivity index (χ0n) is 20.5. The van der Waals surface area contributed by atoms with E-state index < -0.39 is 0 Å². The molecule has 0 aliphatic carbocycles. The molecule has 178 valence electrons. The molecule has 0 saturated heterocycles. The van der Waals surface area contributed by atoms with Crippen LogP contribution in [0.5, 0.6) is 0 Å². The molecular formula is C36H22O2. The molecule has 2 heterocycles. The van der Waals surface area contributed by atoms with Crippen molar-refractivity contribution in [2.24, 2.45) is 0 Å². The summed E-state index contributed by atoms with van der Waals surface area (Å²) in [5.41, 5.74) is 10.4. The van der Waals surface area contributed by atoms with Crippen LogP contribution in [-0.4, -0.2) is 0 Å². The number of hydrogen-bond donors (Lipinski definition) is 0. The summed E-state index contributed by atoms with van der Waals surface area (Å²) >= 11 is 0. The molecule has 0 amide bonds. The zero-order chi connectivity index (χ0) is 25.1. The van der Waals surface area contributed by atoms with E-state index in [1.54, 1.807) is 0 Å². The first-order chi connectivity index (χ1) is 18.9. The maximum absolute atomic E-state index is 6.42. The predicted molar refractivity (Wildman–Crippen MR) is 157 cm³/mol. The monoisotopic (exact) mass is 486 g/mol. The van der Waals surface area contributed by atoms with Gasteiger partial charge in [0.05, 0.1) is 0 Å². The standard InChI is InChI=1S/C36H22O2/c1-3-13-25(29-17-9-19-31-27-15-5-7-21-33(27)37-35(29)31)23(11-1)24-12-2-4-14-26(24)30-18-10-20-32-28-16-6-8-22-34(28)38-36(30)32/h1-22H. The quantitative estimate of drug-likeness (QED) is 0.248. The van der Waals surface area contributed by atoms with Gasteiger partial charge in [0.1, 0.15) is 22.3 Å². The van der Waals surface area contributed by atoms with Gasteiger partial charge >= 0.3 is 0 Å². The molecule has 2 nitrogen and oxygen atoms in total.